The second-order valence-corrected chi connectivity index (χ2v) is 10.2. The van der Waals surface area contributed by atoms with Crippen LogP contribution in [0.4, 0.5) is 34.1 Å². The maximum atomic E-state index is 4.23. The summed E-state index contributed by atoms with van der Waals surface area (Å²) >= 11 is 0. The Balaban J connectivity index is 1.40. The van der Waals surface area contributed by atoms with Gasteiger partial charge in [0, 0.05) is 83.7 Å². The van der Waals surface area contributed by atoms with Crippen molar-refractivity contribution in [1.29, 1.82) is 0 Å². The number of aryl methyl sites for hydroxylation is 2. The molecule has 0 fully saturated rings. The van der Waals surface area contributed by atoms with Crippen molar-refractivity contribution in [2.24, 2.45) is 0 Å². The number of hydrogen-bond donors (Lipinski definition) is 0. The lowest BCUT2D eigenvalue weighted by atomic mass is 9.92. The fourth-order valence-electron chi connectivity index (χ4n) is 5.77. The summed E-state index contributed by atoms with van der Waals surface area (Å²) in [6.07, 6.45) is 14.6. The van der Waals surface area contributed by atoms with Crippen LogP contribution in [0.3, 0.4) is 0 Å². The van der Waals surface area contributed by atoms with Crippen LogP contribution in [0.15, 0.2) is 135 Å². The molecule has 6 nitrogen and oxygen atoms in total. The molecule has 0 saturated carbocycles. The SMILES string of the molecule is Cc1c2ccc(N(c3ccncc3)c3ccncc3)cc2c(C)c2ccc(N(c3ccncc3)c3ccncc3)cc12. The molecule has 0 radical (unpaired) electrons. The molecule has 7 rings (SSSR count). The monoisotopic (exact) mass is 544 g/mol. The predicted molar refractivity (Wildman–Crippen MR) is 171 cm³/mol. The molecule has 42 heavy (non-hydrogen) atoms. The highest BCUT2D eigenvalue weighted by Crippen LogP contribution is 2.41. The molecule has 0 unspecified atom stereocenters. The Kier molecular flexibility index (Phi) is 6.49. The molecule has 0 N–H and O–H groups in total. The van der Waals surface area contributed by atoms with E-state index in [2.05, 4.69) is 80.0 Å². The molecule has 4 aromatic heterocycles. The van der Waals surface area contributed by atoms with E-state index in [1.165, 1.54) is 32.7 Å². The highest BCUT2D eigenvalue weighted by molar-refractivity contribution is 6.08. The summed E-state index contributed by atoms with van der Waals surface area (Å²) in [5.41, 5.74) is 8.85. The molecule has 0 atom stereocenters. The number of nitrogens with zero attached hydrogens (tertiary/aromatic N) is 6. The van der Waals surface area contributed by atoms with Crippen LogP contribution in [0.25, 0.3) is 21.5 Å². The summed E-state index contributed by atoms with van der Waals surface area (Å²) in [5.74, 6) is 0. The number of aromatic nitrogens is 4. The van der Waals surface area contributed by atoms with E-state index in [4.69, 9.17) is 0 Å². The predicted octanol–water partition coefficient (Wildman–Crippen LogP) is 9.13. The van der Waals surface area contributed by atoms with E-state index < -0.39 is 0 Å². The lowest BCUT2D eigenvalue weighted by molar-refractivity contribution is 1.22. The van der Waals surface area contributed by atoms with Crippen molar-refractivity contribution in [2.45, 2.75) is 13.8 Å². The summed E-state index contributed by atoms with van der Waals surface area (Å²) in [4.78, 5) is 21.4. The van der Waals surface area contributed by atoms with Gasteiger partial charge in [0.1, 0.15) is 0 Å². The van der Waals surface area contributed by atoms with Crippen molar-refractivity contribution >= 4 is 55.7 Å². The summed E-state index contributed by atoms with van der Waals surface area (Å²) in [5, 5.41) is 4.95. The summed E-state index contributed by atoms with van der Waals surface area (Å²) in [7, 11) is 0. The Morgan fingerprint density at radius 3 is 0.905 bits per heavy atom. The van der Waals surface area contributed by atoms with E-state index in [-0.39, 0.29) is 0 Å². The third-order valence-corrected chi connectivity index (χ3v) is 7.82. The minimum atomic E-state index is 1.04. The molecular weight excluding hydrogens is 516 g/mol. The maximum Gasteiger partial charge on any atom is 0.0492 e. The van der Waals surface area contributed by atoms with Gasteiger partial charge in [-0.1, -0.05) is 12.1 Å². The van der Waals surface area contributed by atoms with Crippen molar-refractivity contribution in [2.75, 3.05) is 9.80 Å². The molecule has 0 bridgehead atoms. The van der Waals surface area contributed by atoms with Crippen LogP contribution in [0, 0.1) is 13.8 Å². The number of fused-ring (bicyclic) bond motifs is 2. The first-order valence-corrected chi connectivity index (χ1v) is 13.9. The van der Waals surface area contributed by atoms with Gasteiger partial charge < -0.3 is 9.80 Å². The van der Waals surface area contributed by atoms with E-state index in [0.717, 1.165) is 34.1 Å². The molecule has 202 valence electrons. The van der Waals surface area contributed by atoms with Gasteiger partial charge in [-0.2, -0.15) is 0 Å². The molecule has 0 saturated heterocycles. The number of anilines is 6. The van der Waals surface area contributed by atoms with Crippen molar-refractivity contribution in [3.05, 3.63) is 146 Å². The topological polar surface area (TPSA) is 58.0 Å². The first-order chi connectivity index (χ1) is 20.7. The first kappa shape index (κ1) is 25.4. The molecule has 4 heterocycles. The van der Waals surface area contributed by atoms with Gasteiger partial charge in [0.25, 0.3) is 0 Å². The van der Waals surface area contributed by atoms with Crippen LogP contribution in [0.5, 0.6) is 0 Å². The minimum Gasteiger partial charge on any atom is -0.310 e. The highest BCUT2D eigenvalue weighted by Gasteiger charge is 2.18. The van der Waals surface area contributed by atoms with Crippen LogP contribution >= 0.6 is 0 Å². The number of rotatable bonds is 6. The Morgan fingerprint density at radius 1 is 0.333 bits per heavy atom. The molecule has 6 heteroatoms. The molecule has 3 aromatic carbocycles. The number of hydrogen-bond acceptors (Lipinski definition) is 6. The quantitative estimate of drug-likeness (QED) is 0.195. The van der Waals surface area contributed by atoms with E-state index in [1.54, 1.807) is 0 Å². The van der Waals surface area contributed by atoms with Crippen LogP contribution in [0.2, 0.25) is 0 Å². The average Bonchev–Trinajstić information content (AvgIpc) is 3.06. The van der Waals surface area contributed by atoms with Gasteiger partial charge in [0.05, 0.1) is 0 Å². The lowest BCUT2D eigenvalue weighted by Crippen LogP contribution is -2.10. The molecule has 0 spiro atoms. The second-order valence-electron chi connectivity index (χ2n) is 10.2. The zero-order chi connectivity index (χ0) is 28.5. The van der Waals surface area contributed by atoms with Crippen molar-refractivity contribution in [3.63, 3.8) is 0 Å². The standard InChI is InChI=1S/C36H28N6/c1-25-33-5-3-32(42(29-11-19-39-20-12-29)30-13-21-40-22-14-30)24-36(33)26(2)34-6-4-31(23-35(25)34)41(27-7-15-37-16-8-27)28-9-17-38-18-10-28/h3-24H,1-2H3. The van der Waals surface area contributed by atoms with Crippen molar-refractivity contribution in [3.8, 4) is 0 Å². The fraction of sp³-hybridized carbons (Fsp3) is 0.0556. The van der Waals surface area contributed by atoms with Crippen molar-refractivity contribution in [1.82, 2.24) is 19.9 Å². The Morgan fingerprint density at radius 2 is 0.619 bits per heavy atom. The number of benzene rings is 3. The smallest absolute Gasteiger partial charge is 0.0492 e. The summed E-state index contributed by atoms with van der Waals surface area (Å²) in [6, 6.07) is 29.7. The van der Waals surface area contributed by atoms with Gasteiger partial charge in [0.15, 0.2) is 0 Å². The van der Waals surface area contributed by atoms with Gasteiger partial charge in [0.2, 0.25) is 0 Å². The van der Waals surface area contributed by atoms with E-state index in [1.807, 2.05) is 98.1 Å². The van der Waals surface area contributed by atoms with Gasteiger partial charge >= 0.3 is 0 Å². The third kappa shape index (κ3) is 4.49. The van der Waals surface area contributed by atoms with Gasteiger partial charge in [-0.25, -0.2) is 0 Å². The lowest BCUT2D eigenvalue weighted by Gasteiger charge is -2.27. The van der Waals surface area contributed by atoms with Gasteiger partial charge in [-0.15, -0.1) is 0 Å². The molecule has 0 aliphatic heterocycles. The Hall–Kier alpha value is -5.62. The first-order valence-electron chi connectivity index (χ1n) is 13.9. The average molecular weight is 545 g/mol. The third-order valence-electron chi connectivity index (χ3n) is 7.82. The summed E-state index contributed by atoms with van der Waals surface area (Å²) in [6.45, 7) is 4.44. The van der Waals surface area contributed by atoms with E-state index in [9.17, 15) is 0 Å². The van der Waals surface area contributed by atoms with Crippen LogP contribution in [0.1, 0.15) is 11.1 Å². The molecular formula is C36H28N6. The second kappa shape index (κ2) is 10.7. The fourth-order valence-corrected chi connectivity index (χ4v) is 5.77. The van der Waals surface area contributed by atoms with Crippen LogP contribution in [-0.4, -0.2) is 19.9 Å². The summed E-state index contributed by atoms with van der Waals surface area (Å²) < 4.78 is 0. The molecule has 0 aliphatic carbocycles. The maximum absolute atomic E-state index is 4.23. The minimum absolute atomic E-state index is 1.04. The Labute approximate surface area is 244 Å². The van der Waals surface area contributed by atoms with Crippen LogP contribution in [-0.2, 0) is 0 Å². The van der Waals surface area contributed by atoms with Gasteiger partial charge in [-0.3, -0.25) is 19.9 Å². The molecule has 0 aliphatic rings. The highest BCUT2D eigenvalue weighted by atomic mass is 15.1. The zero-order valence-electron chi connectivity index (χ0n) is 23.4. The number of pyridine rings is 4. The van der Waals surface area contributed by atoms with E-state index >= 15 is 0 Å². The van der Waals surface area contributed by atoms with Crippen LogP contribution < -0.4 is 9.80 Å². The Bertz CT molecular complexity index is 1770. The largest absolute Gasteiger partial charge is 0.310 e. The van der Waals surface area contributed by atoms with Gasteiger partial charge in [-0.05, 0) is 119 Å². The molecule has 0 amide bonds. The zero-order valence-corrected chi connectivity index (χ0v) is 23.4. The molecule has 7 aromatic rings. The van der Waals surface area contributed by atoms with Crippen molar-refractivity contribution < 1.29 is 0 Å². The normalized spacial score (nSPS) is 11.1. The van der Waals surface area contributed by atoms with E-state index in [0.29, 0.717) is 0 Å².